The van der Waals surface area contributed by atoms with Crippen LogP contribution in [-0.2, 0) is 9.59 Å². The summed E-state index contributed by atoms with van der Waals surface area (Å²) in [6.45, 7) is 4.33. The molecule has 1 fully saturated rings. The minimum absolute atomic E-state index is 0.0809. The largest absolute Gasteiger partial charge is 0.481 e. The van der Waals surface area contributed by atoms with Crippen LogP contribution in [0.5, 0.6) is 0 Å². The van der Waals surface area contributed by atoms with E-state index in [-0.39, 0.29) is 24.8 Å². The molecule has 3 atom stereocenters. The molecular weight excluding hydrogens is 194 g/mol. The third kappa shape index (κ3) is 3.53. The van der Waals surface area contributed by atoms with Gasteiger partial charge in [0.25, 0.3) is 0 Å². The van der Waals surface area contributed by atoms with E-state index < -0.39 is 5.97 Å². The van der Waals surface area contributed by atoms with Crippen LogP contribution in [0.3, 0.4) is 0 Å². The molecule has 1 amide bonds. The number of hydrogen-bond acceptors (Lipinski definition) is 2. The van der Waals surface area contributed by atoms with Crippen LogP contribution in [0.1, 0.15) is 39.5 Å². The van der Waals surface area contributed by atoms with Crippen molar-refractivity contribution in [2.45, 2.75) is 45.6 Å². The predicted octanol–water partition coefficient (Wildman–Crippen LogP) is 1.40. The molecule has 1 rings (SSSR count). The molecule has 15 heavy (non-hydrogen) atoms. The van der Waals surface area contributed by atoms with Gasteiger partial charge in [0.1, 0.15) is 0 Å². The number of aliphatic carboxylic acids is 1. The first kappa shape index (κ1) is 12.0. The molecule has 86 valence electrons. The van der Waals surface area contributed by atoms with E-state index in [0.29, 0.717) is 11.8 Å². The van der Waals surface area contributed by atoms with Crippen LogP contribution in [-0.4, -0.2) is 23.0 Å². The van der Waals surface area contributed by atoms with E-state index in [1.165, 1.54) is 0 Å². The van der Waals surface area contributed by atoms with Gasteiger partial charge in [-0.1, -0.05) is 13.8 Å². The summed E-state index contributed by atoms with van der Waals surface area (Å²) in [5.41, 5.74) is 0. The quantitative estimate of drug-likeness (QED) is 0.741. The molecule has 0 heterocycles. The summed E-state index contributed by atoms with van der Waals surface area (Å²) >= 11 is 0. The Labute approximate surface area is 90.0 Å². The lowest BCUT2D eigenvalue weighted by Gasteiger charge is -2.19. The third-order valence-corrected chi connectivity index (χ3v) is 3.38. The molecule has 0 aromatic rings. The molecule has 4 heteroatoms. The molecule has 0 spiro atoms. The van der Waals surface area contributed by atoms with Gasteiger partial charge in [-0.25, -0.2) is 0 Å². The molecule has 1 aliphatic rings. The highest BCUT2D eigenvalue weighted by Gasteiger charge is 2.30. The predicted molar refractivity (Wildman–Crippen MR) is 56.4 cm³/mol. The van der Waals surface area contributed by atoms with Crippen molar-refractivity contribution in [2.75, 3.05) is 0 Å². The van der Waals surface area contributed by atoms with Crippen LogP contribution in [0.4, 0.5) is 0 Å². The first-order chi connectivity index (χ1) is 7.00. The van der Waals surface area contributed by atoms with Crippen LogP contribution in [0.15, 0.2) is 0 Å². The first-order valence-corrected chi connectivity index (χ1v) is 5.52. The Bertz CT molecular complexity index is 252. The molecule has 0 aromatic heterocycles. The first-order valence-electron chi connectivity index (χ1n) is 5.52. The monoisotopic (exact) mass is 213 g/mol. The van der Waals surface area contributed by atoms with E-state index >= 15 is 0 Å². The standard InChI is InChI=1S/C11H19NO3/c1-7-3-4-9(8(7)2)12-10(13)5-6-11(14)15/h7-9H,3-6H2,1-2H3,(H,12,13)(H,14,15). The molecule has 0 bridgehead atoms. The maximum absolute atomic E-state index is 11.4. The second-order valence-electron chi connectivity index (χ2n) is 4.48. The molecule has 4 nitrogen and oxygen atoms in total. The smallest absolute Gasteiger partial charge is 0.303 e. The van der Waals surface area contributed by atoms with Crippen molar-refractivity contribution in [3.05, 3.63) is 0 Å². The molecule has 0 radical (unpaired) electrons. The van der Waals surface area contributed by atoms with Crippen molar-refractivity contribution in [1.82, 2.24) is 5.32 Å². The van der Waals surface area contributed by atoms with Gasteiger partial charge in [-0.2, -0.15) is 0 Å². The van der Waals surface area contributed by atoms with Crippen molar-refractivity contribution in [1.29, 1.82) is 0 Å². The fourth-order valence-electron chi connectivity index (χ4n) is 2.07. The minimum Gasteiger partial charge on any atom is -0.481 e. The number of amides is 1. The van der Waals surface area contributed by atoms with Crippen molar-refractivity contribution in [3.8, 4) is 0 Å². The SMILES string of the molecule is CC1CCC(NC(=O)CCC(=O)O)C1C. The highest BCUT2D eigenvalue weighted by Crippen LogP contribution is 2.31. The Kier molecular flexibility index (Phi) is 4.12. The fourth-order valence-corrected chi connectivity index (χ4v) is 2.07. The van der Waals surface area contributed by atoms with E-state index in [1.54, 1.807) is 0 Å². The number of nitrogens with one attached hydrogen (secondary N) is 1. The highest BCUT2D eigenvalue weighted by atomic mass is 16.4. The zero-order valence-electron chi connectivity index (χ0n) is 9.32. The second kappa shape index (κ2) is 5.14. The Morgan fingerprint density at radius 2 is 1.93 bits per heavy atom. The van der Waals surface area contributed by atoms with Crippen molar-refractivity contribution >= 4 is 11.9 Å². The van der Waals surface area contributed by atoms with Gasteiger partial charge in [0, 0.05) is 12.5 Å². The normalized spacial score (nSPS) is 30.1. The topological polar surface area (TPSA) is 66.4 Å². The fraction of sp³-hybridized carbons (Fsp3) is 0.818. The zero-order valence-corrected chi connectivity index (χ0v) is 9.32. The maximum Gasteiger partial charge on any atom is 0.303 e. The number of carbonyl (C=O) groups excluding carboxylic acids is 1. The molecule has 0 aliphatic heterocycles. The van der Waals surface area contributed by atoms with E-state index in [2.05, 4.69) is 19.2 Å². The molecular formula is C11H19NO3. The summed E-state index contributed by atoms with van der Waals surface area (Å²) < 4.78 is 0. The van der Waals surface area contributed by atoms with Gasteiger partial charge in [-0.3, -0.25) is 9.59 Å². The van der Waals surface area contributed by atoms with E-state index in [0.717, 1.165) is 12.8 Å². The van der Waals surface area contributed by atoms with Crippen molar-refractivity contribution in [2.24, 2.45) is 11.8 Å². The third-order valence-electron chi connectivity index (χ3n) is 3.38. The second-order valence-corrected chi connectivity index (χ2v) is 4.48. The van der Waals surface area contributed by atoms with Crippen LogP contribution in [0, 0.1) is 11.8 Å². The van der Waals surface area contributed by atoms with Crippen molar-refractivity contribution in [3.63, 3.8) is 0 Å². The molecule has 0 saturated heterocycles. The molecule has 1 aliphatic carbocycles. The van der Waals surface area contributed by atoms with Crippen LogP contribution in [0.25, 0.3) is 0 Å². The van der Waals surface area contributed by atoms with Gasteiger partial charge in [-0.05, 0) is 24.7 Å². The summed E-state index contributed by atoms with van der Waals surface area (Å²) in [5, 5.41) is 11.3. The lowest BCUT2D eigenvalue weighted by Crippen LogP contribution is -2.37. The van der Waals surface area contributed by atoms with Gasteiger partial charge in [0.15, 0.2) is 0 Å². The molecule has 0 aromatic carbocycles. The lowest BCUT2D eigenvalue weighted by molar-refractivity contribution is -0.139. The number of carboxylic acids is 1. The molecule has 2 N–H and O–H groups in total. The summed E-state index contributed by atoms with van der Waals surface area (Å²) in [5.74, 6) is 0.0925. The van der Waals surface area contributed by atoms with E-state index in [1.807, 2.05) is 0 Å². The molecule has 3 unspecified atom stereocenters. The van der Waals surface area contributed by atoms with Gasteiger partial charge < -0.3 is 10.4 Å². The molecule has 1 saturated carbocycles. The van der Waals surface area contributed by atoms with Gasteiger partial charge in [0.05, 0.1) is 6.42 Å². The highest BCUT2D eigenvalue weighted by molar-refractivity contribution is 5.80. The maximum atomic E-state index is 11.4. The van der Waals surface area contributed by atoms with E-state index in [4.69, 9.17) is 5.11 Å². The number of carbonyl (C=O) groups is 2. The Balaban J connectivity index is 2.29. The number of rotatable bonds is 4. The van der Waals surface area contributed by atoms with Gasteiger partial charge in [-0.15, -0.1) is 0 Å². The Morgan fingerprint density at radius 1 is 1.27 bits per heavy atom. The average molecular weight is 213 g/mol. The zero-order chi connectivity index (χ0) is 11.4. The summed E-state index contributed by atoms with van der Waals surface area (Å²) in [6, 6.07) is 0.237. The van der Waals surface area contributed by atoms with Gasteiger partial charge >= 0.3 is 5.97 Å². The van der Waals surface area contributed by atoms with Crippen LogP contribution < -0.4 is 5.32 Å². The summed E-state index contributed by atoms with van der Waals surface area (Å²) in [7, 11) is 0. The number of carboxylic acid groups (broad SMARTS) is 1. The number of hydrogen-bond donors (Lipinski definition) is 2. The van der Waals surface area contributed by atoms with Crippen molar-refractivity contribution < 1.29 is 14.7 Å². The summed E-state index contributed by atoms with van der Waals surface area (Å²) in [6.07, 6.45) is 2.17. The average Bonchev–Trinajstić information content (AvgIpc) is 2.47. The van der Waals surface area contributed by atoms with E-state index in [9.17, 15) is 9.59 Å². The van der Waals surface area contributed by atoms with Crippen LogP contribution in [0.2, 0.25) is 0 Å². The summed E-state index contributed by atoms with van der Waals surface area (Å²) in [4.78, 5) is 21.7. The lowest BCUT2D eigenvalue weighted by atomic mass is 9.98. The van der Waals surface area contributed by atoms with Crippen LogP contribution >= 0.6 is 0 Å². The Hall–Kier alpha value is -1.06. The Morgan fingerprint density at radius 3 is 2.40 bits per heavy atom. The van der Waals surface area contributed by atoms with Gasteiger partial charge in [0.2, 0.25) is 5.91 Å². The minimum atomic E-state index is -0.919.